The quantitative estimate of drug-likeness (QED) is 0.750. The zero-order valence-corrected chi connectivity index (χ0v) is 15.6. The van der Waals surface area contributed by atoms with Crippen LogP contribution in [0.3, 0.4) is 0 Å². The molecule has 5 heteroatoms. The Morgan fingerprint density at radius 1 is 1.04 bits per heavy atom. The van der Waals surface area contributed by atoms with Crippen molar-refractivity contribution in [1.82, 2.24) is 5.32 Å². The van der Waals surface area contributed by atoms with Gasteiger partial charge in [0.15, 0.2) is 6.61 Å². The lowest BCUT2D eigenvalue weighted by atomic mass is 9.94. The van der Waals surface area contributed by atoms with Gasteiger partial charge in [0.1, 0.15) is 5.75 Å². The van der Waals surface area contributed by atoms with E-state index in [1.54, 1.807) is 0 Å². The molecule has 0 bridgehead atoms. The molecular formula is C20H27ClN2O2. The highest BCUT2D eigenvalue weighted by Gasteiger charge is 2.21. The molecule has 0 aliphatic rings. The van der Waals surface area contributed by atoms with E-state index in [-0.39, 0.29) is 30.5 Å². The van der Waals surface area contributed by atoms with Crippen LogP contribution < -0.4 is 15.8 Å². The average molecular weight is 363 g/mol. The molecule has 0 atom stereocenters. The van der Waals surface area contributed by atoms with Crippen molar-refractivity contribution in [3.05, 3.63) is 54.6 Å². The molecule has 0 aliphatic heterocycles. The molecule has 0 unspecified atom stereocenters. The van der Waals surface area contributed by atoms with Gasteiger partial charge in [0, 0.05) is 17.6 Å². The molecule has 0 saturated carbocycles. The van der Waals surface area contributed by atoms with Gasteiger partial charge in [-0.25, -0.2) is 0 Å². The van der Waals surface area contributed by atoms with Crippen LogP contribution in [-0.4, -0.2) is 24.6 Å². The number of carbonyl (C=O) groups is 1. The van der Waals surface area contributed by atoms with Gasteiger partial charge >= 0.3 is 0 Å². The minimum absolute atomic E-state index is 0. The Hall–Kier alpha value is -2.04. The predicted octanol–water partition coefficient (Wildman–Crippen LogP) is 3.79. The molecule has 0 heterocycles. The van der Waals surface area contributed by atoms with E-state index in [0.29, 0.717) is 12.3 Å². The van der Waals surface area contributed by atoms with Crippen molar-refractivity contribution in [2.24, 2.45) is 5.73 Å². The first-order valence-corrected chi connectivity index (χ1v) is 8.41. The lowest BCUT2D eigenvalue weighted by Gasteiger charge is -2.26. The number of halogens is 1. The Morgan fingerprint density at radius 3 is 2.28 bits per heavy atom. The van der Waals surface area contributed by atoms with Crippen LogP contribution in [0.5, 0.6) is 5.75 Å². The molecule has 3 N–H and O–H groups in total. The summed E-state index contributed by atoms with van der Waals surface area (Å²) in [5, 5.41) is 2.87. The third-order valence-electron chi connectivity index (χ3n) is 4.38. The topological polar surface area (TPSA) is 64.3 Å². The van der Waals surface area contributed by atoms with Crippen LogP contribution >= 0.6 is 12.4 Å². The number of benzene rings is 2. The van der Waals surface area contributed by atoms with Crippen molar-refractivity contribution >= 4 is 18.3 Å². The fraction of sp³-hybridized carbons (Fsp3) is 0.350. The SMILES string of the molecule is CCC(N)(CC)CNC(=O)COc1ccccc1-c1ccccc1.Cl. The third-order valence-corrected chi connectivity index (χ3v) is 4.38. The fourth-order valence-corrected chi connectivity index (χ4v) is 2.42. The largest absolute Gasteiger partial charge is 0.483 e. The maximum Gasteiger partial charge on any atom is 0.258 e. The van der Waals surface area contributed by atoms with E-state index in [1.807, 2.05) is 68.4 Å². The summed E-state index contributed by atoms with van der Waals surface area (Å²) in [7, 11) is 0. The van der Waals surface area contributed by atoms with E-state index in [1.165, 1.54) is 0 Å². The normalized spacial score (nSPS) is 10.7. The number of nitrogens with one attached hydrogen (secondary N) is 1. The number of amides is 1. The minimum atomic E-state index is -0.350. The van der Waals surface area contributed by atoms with Gasteiger partial charge in [-0.1, -0.05) is 62.4 Å². The van der Waals surface area contributed by atoms with Crippen molar-refractivity contribution < 1.29 is 9.53 Å². The Morgan fingerprint density at radius 2 is 1.64 bits per heavy atom. The van der Waals surface area contributed by atoms with Crippen molar-refractivity contribution in [1.29, 1.82) is 0 Å². The first kappa shape index (κ1) is 21.0. The van der Waals surface area contributed by atoms with Gasteiger partial charge in [0.2, 0.25) is 0 Å². The standard InChI is InChI=1S/C20H26N2O2.ClH/c1-3-20(21,4-2)15-22-19(23)14-24-18-13-9-8-12-17(18)16-10-6-5-7-11-16;/h5-13H,3-4,14-15,21H2,1-2H3,(H,22,23);1H. The van der Waals surface area contributed by atoms with Crippen molar-refractivity contribution in [2.45, 2.75) is 32.2 Å². The van der Waals surface area contributed by atoms with Crippen LogP contribution in [0.2, 0.25) is 0 Å². The van der Waals surface area contributed by atoms with Gasteiger partial charge in [-0.3, -0.25) is 4.79 Å². The van der Waals surface area contributed by atoms with Gasteiger partial charge in [0.05, 0.1) is 0 Å². The van der Waals surface area contributed by atoms with E-state index >= 15 is 0 Å². The summed E-state index contributed by atoms with van der Waals surface area (Å²) in [4.78, 5) is 12.1. The number of para-hydroxylation sites is 1. The minimum Gasteiger partial charge on any atom is -0.483 e. The number of ether oxygens (including phenoxy) is 1. The zero-order valence-electron chi connectivity index (χ0n) is 14.8. The molecule has 0 spiro atoms. The first-order valence-electron chi connectivity index (χ1n) is 8.41. The molecule has 4 nitrogen and oxygen atoms in total. The van der Waals surface area contributed by atoms with Gasteiger partial charge in [-0.15, -0.1) is 12.4 Å². The van der Waals surface area contributed by atoms with E-state index in [4.69, 9.17) is 10.5 Å². The lowest BCUT2D eigenvalue weighted by Crippen LogP contribution is -2.50. The maximum atomic E-state index is 12.1. The summed E-state index contributed by atoms with van der Waals surface area (Å²) in [5.74, 6) is 0.540. The molecule has 25 heavy (non-hydrogen) atoms. The maximum absolute atomic E-state index is 12.1. The molecule has 0 aliphatic carbocycles. The predicted molar refractivity (Wildman–Crippen MR) is 105 cm³/mol. The van der Waals surface area contributed by atoms with E-state index in [9.17, 15) is 4.79 Å². The smallest absolute Gasteiger partial charge is 0.258 e. The molecule has 2 aromatic carbocycles. The van der Waals surface area contributed by atoms with Crippen LogP contribution in [0.4, 0.5) is 0 Å². The van der Waals surface area contributed by atoms with Crippen LogP contribution in [0, 0.1) is 0 Å². The van der Waals surface area contributed by atoms with Crippen LogP contribution in [0.25, 0.3) is 11.1 Å². The summed E-state index contributed by atoms with van der Waals surface area (Å²) in [6.45, 7) is 4.50. The summed E-state index contributed by atoms with van der Waals surface area (Å²) >= 11 is 0. The van der Waals surface area contributed by atoms with Crippen LogP contribution in [0.1, 0.15) is 26.7 Å². The second-order valence-corrected chi connectivity index (χ2v) is 6.00. The average Bonchev–Trinajstić information content (AvgIpc) is 2.65. The van der Waals surface area contributed by atoms with Crippen LogP contribution in [-0.2, 0) is 4.79 Å². The Labute approximate surface area is 156 Å². The highest BCUT2D eigenvalue weighted by atomic mass is 35.5. The summed E-state index contributed by atoms with van der Waals surface area (Å²) in [6.07, 6.45) is 1.64. The van der Waals surface area contributed by atoms with Crippen molar-refractivity contribution in [2.75, 3.05) is 13.2 Å². The molecule has 136 valence electrons. The number of rotatable bonds is 8. The number of nitrogens with two attached hydrogens (primary N) is 1. The van der Waals surface area contributed by atoms with Crippen LogP contribution in [0.15, 0.2) is 54.6 Å². The van der Waals surface area contributed by atoms with E-state index in [0.717, 1.165) is 24.0 Å². The Balaban J connectivity index is 0.00000312. The summed E-state index contributed by atoms with van der Waals surface area (Å²) in [6, 6.07) is 17.7. The molecule has 2 aromatic rings. The second-order valence-electron chi connectivity index (χ2n) is 6.00. The van der Waals surface area contributed by atoms with Gasteiger partial charge in [0.25, 0.3) is 5.91 Å². The fourth-order valence-electron chi connectivity index (χ4n) is 2.42. The molecular weight excluding hydrogens is 336 g/mol. The molecule has 2 rings (SSSR count). The second kappa shape index (κ2) is 10.1. The first-order chi connectivity index (χ1) is 11.6. The highest BCUT2D eigenvalue weighted by Crippen LogP contribution is 2.29. The monoisotopic (exact) mass is 362 g/mol. The van der Waals surface area contributed by atoms with Gasteiger partial charge < -0.3 is 15.8 Å². The van der Waals surface area contributed by atoms with E-state index in [2.05, 4.69) is 5.32 Å². The number of hydrogen-bond acceptors (Lipinski definition) is 3. The summed E-state index contributed by atoms with van der Waals surface area (Å²) < 4.78 is 5.73. The van der Waals surface area contributed by atoms with Gasteiger partial charge in [-0.05, 0) is 24.5 Å². The van der Waals surface area contributed by atoms with E-state index < -0.39 is 0 Å². The highest BCUT2D eigenvalue weighted by molar-refractivity contribution is 5.85. The lowest BCUT2D eigenvalue weighted by molar-refractivity contribution is -0.123. The summed E-state index contributed by atoms with van der Waals surface area (Å²) in [5.41, 5.74) is 7.88. The number of hydrogen-bond donors (Lipinski definition) is 2. The zero-order chi connectivity index (χ0) is 17.4. The molecule has 1 amide bonds. The van der Waals surface area contributed by atoms with Crippen molar-refractivity contribution in [3.63, 3.8) is 0 Å². The Kier molecular flexibility index (Phi) is 8.46. The molecule has 0 radical (unpaired) electrons. The number of carbonyl (C=O) groups excluding carboxylic acids is 1. The Bertz CT molecular complexity index is 658. The van der Waals surface area contributed by atoms with Crippen molar-refractivity contribution in [3.8, 4) is 16.9 Å². The molecule has 0 aromatic heterocycles. The third kappa shape index (κ3) is 6.07. The molecule has 0 fully saturated rings. The molecule has 0 saturated heterocycles. The van der Waals surface area contributed by atoms with Gasteiger partial charge in [-0.2, -0.15) is 0 Å².